The Labute approximate surface area is 660 Å². The van der Waals surface area contributed by atoms with Gasteiger partial charge in [0.15, 0.2) is 62.9 Å². The maximum Gasteiger partial charge on any atom is 0.217 e. The highest BCUT2D eigenvalue weighted by atomic mass is 16.8. The van der Waals surface area contributed by atoms with Gasteiger partial charge in [0.1, 0.15) is 244 Å². The van der Waals surface area contributed by atoms with E-state index >= 15 is 0 Å². The highest BCUT2D eigenvalue weighted by Crippen LogP contribution is 2.41. The number of aliphatic hydroxyl groups is 30. The molecule has 0 aromatic carbocycles. The Bertz CT molecular complexity index is 3050. The van der Waals surface area contributed by atoms with Gasteiger partial charge in [0.2, 0.25) is 11.8 Å². The Morgan fingerprint density at radius 1 is 0.222 bits per heavy atom. The van der Waals surface area contributed by atoms with Crippen molar-refractivity contribution in [1.82, 2.24) is 10.6 Å². The largest absolute Gasteiger partial charge is 0.394 e. The topological polar surface area (TPSA) is 840 Å². The fourth-order valence-electron chi connectivity index (χ4n) is 15.0. The van der Waals surface area contributed by atoms with E-state index in [-0.39, 0.29) is 0 Å². The lowest BCUT2D eigenvalue weighted by Crippen LogP contribution is -2.70. The van der Waals surface area contributed by atoms with Crippen LogP contribution in [0.2, 0.25) is 0 Å². The average molecular weight is 1720 g/mol. The van der Waals surface area contributed by atoms with Crippen LogP contribution in [0.3, 0.4) is 0 Å². The van der Waals surface area contributed by atoms with Crippen LogP contribution in [0.15, 0.2) is 0 Å². The average Bonchev–Trinajstić information content (AvgIpc) is 0.767. The predicted molar refractivity (Wildman–Crippen MR) is 353 cm³/mol. The Balaban J connectivity index is 0.996. The summed E-state index contributed by atoms with van der Waals surface area (Å²) in [4.78, 5) is 25.2. The van der Waals surface area contributed by atoms with Gasteiger partial charge in [-0.3, -0.25) is 9.59 Å². The van der Waals surface area contributed by atoms with Crippen LogP contribution in [0.5, 0.6) is 0 Å². The molecule has 117 heavy (non-hydrogen) atoms. The Morgan fingerprint density at radius 2 is 0.470 bits per heavy atom. The van der Waals surface area contributed by atoms with E-state index in [1.165, 1.54) is 0 Å². The molecule has 53 nitrogen and oxygen atoms in total. The van der Waals surface area contributed by atoms with E-state index in [1.54, 1.807) is 0 Å². The minimum absolute atomic E-state index is 0.805. The molecule has 2 amide bonds. The molecule has 0 aromatic heterocycles. The molecule has 10 rings (SSSR count). The van der Waals surface area contributed by atoms with Gasteiger partial charge in [0.25, 0.3) is 0 Å². The van der Waals surface area contributed by atoms with E-state index in [0.717, 1.165) is 13.8 Å². The summed E-state index contributed by atoms with van der Waals surface area (Å²) in [6.07, 6.45) is -104. The van der Waals surface area contributed by atoms with E-state index < -0.39 is 385 Å². The second-order valence-corrected chi connectivity index (χ2v) is 29.5. The molecule has 21 unspecified atom stereocenters. The molecule has 10 aliphatic rings. The summed E-state index contributed by atoms with van der Waals surface area (Å²) < 4.78 is 111. The summed E-state index contributed by atoms with van der Waals surface area (Å²) in [5, 5.41) is 336. The lowest BCUT2D eigenvalue weighted by atomic mass is 9.94. The van der Waals surface area contributed by atoms with Crippen LogP contribution in [0.1, 0.15) is 13.8 Å². The molecule has 53 heteroatoms. The summed E-state index contributed by atoms with van der Waals surface area (Å²) >= 11 is 0. The molecule has 10 aliphatic heterocycles. The number of rotatable bonds is 30. The first-order chi connectivity index (χ1) is 55.4. The van der Waals surface area contributed by atoms with Crippen molar-refractivity contribution in [3.63, 3.8) is 0 Å². The van der Waals surface area contributed by atoms with Gasteiger partial charge < -0.3 is 254 Å². The fraction of sp³-hybridized carbons (Fsp3) is 0.969. The minimum atomic E-state index is -2.64. The van der Waals surface area contributed by atoms with Gasteiger partial charge in [-0.2, -0.15) is 0 Å². The van der Waals surface area contributed by atoms with Gasteiger partial charge >= 0.3 is 0 Å². The van der Waals surface area contributed by atoms with E-state index in [0.29, 0.717) is 0 Å². The summed E-state index contributed by atoms with van der Waals surface area (Å²) in [5.41, 5.74) is 0. The SMILES string of the molecule is CC(=O)NC1C(O)OC(CO)[C@@H](O[C@@H]2OC(CO)[C@@H](O[C@@H]3OC(CO[C@H]4OC(CO[C@H]5OC(CO)[C@@H](O)[C@H](O)C5O[C@H]5OC(CO)[C@@H](O)[C@H](O)C5O)[C@@H](O)[C@H](O[C@H]5OC(CO)[C@@H](O)[C@H](O)C5O)C4O)[C@@H](O)[C@H](O[C@H]4OC(CO)[C@@H](O)[C@H](O)C4O[C@H]4OC(CO)[C@@H](O)[C@H](O)C4O[C@H]4OC(CO)[C@@H](O)[C@H](O)C4O)C3O)[C@H](O)C2NC(C)=O)[C@@H]1O. The molecule has 0 spiro atoms. The minimum Gasteiger partial charge on any atom is -0.394 e. The number of carbonyl (C=O) groups excluding carboxylic acids is 2. The molecule has 32 N–H and O–H groups in total. The van der Waals surface area contributed by atoms with E-state index in [1.807, 2.05) is 0 Å². The zero-order valence-corrected chi connectivity index (χ0v) is 61.9. The first kappa shape index (κ1) is 96.2. The quantitative estimate of drug-likeness (QED) is 0.0318. The van der Waals surface area contributed by atoms with Gasteiger partial charge in [0, 0.05) is 13.8 Å². The first-order valence-corrected chi connectivity index (χ1v) is 37.2. The summed E-state index contributed by atoms with van der Waals surface area (Å²) in [7, 11) is 0. The summed E-state index contributed by atoms with van der Waals surface area (Å²) in [5.74, 6) is -1.78. The number of hydrogen-bond acceptors (Lipinski definition) is 51. The second-order valence-electron chi connectivity index (χ2n) is 29.5. The Morgan fingerprint density at radius 3 is 0.855 bits per heavy atom. The van der Waals surface area contributed by atoms with E-state index in [9.17, 15) is 163 Å². The zero-order valence-electron chi connectivity index (χ0n) is 61.9. The van der Waals surface area contributed by atoms with Crippen LogP contribution in [-0.4, -0.2) is 538 Å². The molecule has 0 radical (unpaired) electrons. The van der Waals surface area contributed by atoms with Gasteiger partial charge in [0.05, 0.1) is 66.1 Å². The predicted octanol–water partition coefficient (Wildman–Crippen LogP) is -22.5. The smallest absolute Gasteiger partial charge is 0.217 e. The maximum absolute atomic E-state index is 13.0. The summed E-state index contributed by atoms with van der Waals surface area (Å²) in [6.45, 7) is -9.28. The molecular weight excluding hydrogens is 1610 g/mol. The third-order valence-corrected chi connectivity index (χ3v) is 21.7. The molecule has 10 saturated heterocycles. The van der Waals surface area contributed by atoms with Crippen LogP contribution in [0.4, 0.5) is 0 Å². The number of hydrogen-bond donors (Lipinski definition) is 32. The molecule has 0 aromatic rings. The van der Waals surface area contributed by atoms with Crippen molar-refractivity contribution in [2.75, 3.05) is 66.1 Å². The Kier molecular flexibility index (Phi) is 34.4. The molecular formula is C64H108N2O51. The van der Waals surface area contributed by atoms with Crippen LogP contribution in [0, 0.1) is 0 Å². The van der Waals surface area contributed by atoms with Crippen molar-refractivity contribution in [2.24, 2.45) is 0 Å². The van der Waals surface area contributed by atoms with Crippen molar-refractivity contribution in [3.8, 4) is 0 Å². The van der Waals surface area contributed by atoms with Gasteiger partial charge in [-0.1, -0.05) is 0 Å². The molecule has 10 fully saturated rings. The molecule has 0 bridgehead atoms. The fourth-order valence-corrected chi connectivity index (χ4v) is 15.0. The molecule has 0 aliphatic carbocycles. The number of nitrogens with one attached hydrogen (secondary N) is 2. The number of aliphatic hydroxyl groups excluding tert-OH is 30. The lowest BCUT2D eigenvalue weighted by molar-refractivity contribution is -0.408. The summed E-state index contributed by atoms with van der Waals surface area (Å²) in [6, 6.07) is -3.64. The number of carbonyl (C=O) groups is 2. The number of amides is 2. The van der Waals surface area contributed by atoms with Crippen molar-refractivity contribution < 1.29 is 253 Å². The molecule has 10 heterocycles. The molecule has 50 atom stereocenters. The van der Waals surface area contributed by atoms with Crippen LogP contribution < -0.4 is 10.6 Å². The third-order valence-electron chi connectivity index (χ3n) is 21.7. The van der Waals surface area contributed by atoms with Crippen molar-refractivity contribution in [3.05, 3.63) is 0 Å². The second kappa shape index (κ2) is 41.9. The highest BCUT2D eigenvalue weighted by molar-refractivity contribution is 5.73. The number of ether oxygens (including phenoxy) is 19. The van der Waals surface area contributed by atoms with Crippen molar-refractivity contribution in [1.29, 1.82) is 0 Å². The monoisotopic (exact) mass is 1720 g/mol. The van der Waals surface area contributed by atoms with Gasteiger partial charge in [-0.25, -0.2) is 0 Å². The van der Waals surface area contributed by atoms with E-state index in [2.05, 4.69) is 10.6 Å². The first-order valence-electron chi connectivity index (χ1n) is 37.2. The van der Waals surface area contributed by atoms with E-state index in [4.69, 9.17) is 90.0 Å². The molecule has 680 valence electrons. The molecule has 0 saturated carbocycles. The highest BCUT2D eigenvalue weighted by Gasteiger charge is 2.61. The van der Waals surface area contributed by atoms with Crippen LogP contribution in [-0.2, 0) is 99.6 Å². The lowest BCUT2D eigenvalue weighted by Gasteiger charge is -2.51. The standard InChI is InChI=1S/C64H108N2O51/c1-13(75)65-25-35(85)48(21(9-73)101-55(25)98)111-56-26(66-14(2)76)36(86)49(22(10-74)108-56)112-61-47(97)51(114-63-54(42(92)32(82)19(7-71)106-63)117-64-53(41(91)31(81)20(8-72)107-64)116-60-45(95)39(89)29(79)17(5-69)104-60)34(84)24(110-61)11-99-57-46(96)50(113-58-43(93)37(87)27(77)15(3-67)102-58)33(83)23(109-57)12-100-62-52(40(90)30(80)18(6-70)105-62)115-59-44(94)38(88)28(78)16(4-68)103-59/h15-64,67-74,77-98H,3-12H2,1-2H3,(H,65,75)(H,66,76)/t15?,16?,17?,18?,19?,20?,21?,22?,23?,24?,25?,26?,27-,28-,29-,30-,31-,32-,33-,34-,35-,36-,37+,38+,39+,40+,41+,42+,43?,44?,45?,46?,47?,48-,49-,50+,51+,52?,53?,54?,55?,56+,57+,58-,59-,60-,61+,62+,63-,64-/m1/s1. The van der Waals surface area contributed by atoms with Crippen molar-refractivity contribution >= 4 is 11.8 Å². The maximum atomic E-state index is 13.0. The van der Waals surface area contributed by atoms with Crippen molar-refractivity contribution in [2.45, 2.75) is 321 Å². The Hall–Kier alpha value is -3.02. The van der Waals surface area contributed by atoms with Crippen LogP contribution in [0.25, 0.3) is 0 Å². The van der Waals surface area contributed by atoms with Gasteiger partial charge in [-0.15, -0.1) is 0 Å². The third kappa shape index (κ3) is 20.7. The van der Waals surface area contributed by atoms with Gasteiger partial charge in [-0.05, 0) is 0 Å². The normalized spacial score (nSPS) is 51.5. The van der Waals surface area contributed by atoms with Crippen LogP contribution >= 0.6 is 0 Å². The zero-order chi connectivity index (χ0) is 85.9.